The predicted molar refractivity (Wildman–Crippen MR) is 98.3 cm³/mol. The van der Waals surface area contributed by atoms with E-state index in [0.717, 1.165) is 25.7 Å². The number of amides is 3. The van der Waals surface area contributed by atoms with Gasteiger partial charge in [0.15, 0.2) is 0 Å². The van der Waals surface area contributed by atoms with E-state index in [2.05, 4.69) is 10.6 Å². The van der Waals surface area contributed by atoms with Crippen molar-refractivity contribution < 1.29 is 14.4 Å². The summed E-state index contributed by atoms with van der Waals surface area (Å²) in [7, 11) is 0. The predicted octanol–water partition coefficient (Wildman–Crippen LogP) is -0.255. The van der Waals surface area contributed by atoms with Gasteiger partial charge in [-0.3, -0.25) is 14.4 Å². The molecule has 1 fully saturated rings. The van der Waals surface area contributed by atoms with Crippen molar-refractivity contribution in [2.75, 3.05) is 13.1 Å². The zero-order valence-corrected chi connectivity index (χ0v) is 15.6. The Labute approximate surface area is 150 Å². The Morgan fingerprint density at radius 2 is 1.60 bits per heavy atom. The maximum atomic E-state index is 12.3. The highest BCUT2D eigenvalue weighted by Crippen LogP contribution is 2.27. The van der Waals surface area contributed by atoms with E-state index in [1.165, 1.54) is 6.42 Å². The summed E-state index contributed by atoms with van der Waals surface area (Å²) in [6.45, 7) is 4.02. The third-order valence-electron chi connectivity index (χ3n) is 4.25. The minimum atomic E-state index is -0.802. The second-order valence-electron chi connectivity index (χ2n) is 6.10. The molecule has 8 heteroatoms. The lowest BCUT2D eigenvalue weighted by Crippen LogP contribution is -2.54. The average Bonchev–Trinajstić information content (AvgIpc) is 2.63. The summed E-state index contributed by atoms with van der Waals surface area (Å²) in [6.07, 6.45) is 6.42. The van der Waals surface area contributed by atoms with Gasteiger partial charge < -0.3 is 27.8 Å². The summed E-state index contributed by atoms with van der Waals surface area (Å²) in [5, 5.41) is 5.16. The van der Waals surface area contributed by atoms with Crippen molar-refractivity contribution in [2.45, 2.75) is 70.9 Å². The van der Waals surface area contributed by atoms with Crippen LogP contribution in [0.3, 0.4) is 0 Å². The SMILES string of the molecule is CC.NCCC(NC(=O)CN)C(=O)NC(CC1CCCCC1)C(N)=O. The van der Waals surface area contributed by atoms with Crippen LogP contribution in [0.25, 0.3) is 0 Å². The van der Waals surface area contributed by atoms with Crippen LogP contribution in [0.2, 0.25) is 0 Å². The molecule has 1 aliphatic carbocycles. The lowest BCUT2D eigenvalue weighted by Gasteiger charge is -2.27. The van der Waals surface area contributed by atoms with Gasteiger partial charge >= 0.3 is 0 Å². The van der Waals surface area contributed by atoms with Crippen LogP contribution in [0.15, 0.2) is 0 Å². The minimum absolute atomic E-state index is 0.213. The first-order chi connectivity index (χ1) is 12.0. The van der Waals surface area contributed by atoms with Gasteiger partial charge in [-0.2, -0.15) is 0 Å². The number of hydrogen-bond acceptors (Lipinski definition) is 5. The minimum Gasteiger partial charge on any atom is -0.368 e. The first kappa shape index (κ1) is 23.3. The van der Waals surface area contributed by atoms with E-state index >= 15 is 0 Å². The lowest BCUT2D eigenvalue weighted by atomic mass is 9.84. The summed E-state index contributed by atoms with van der Waals surface area (Å²) in [5.41, 5.74) is 16.1. The largest absolute Gasteiger partial charge is 0.368 e. The van der Waals surface area contributed by atoms with Gasteiger partial charge in [-0.05, 0) is 25.3 Å². The van der Waals surface area contributed by atoms with Crippen LogP contribution in [0.4, 0.5) is 0 Å². The molecule has 0 aromatic carbocycles. The van der Waals surface area contributed by atoms with Crippen molar-refractivity contribution in [3.8, 4) is 0 Å². The van der Waals surface area contributed by atoms with Crippen molar-refractivity contribution in [3.05, 3.63) is 0 Å². The van der Waals surface area contributed by atoms with Gasteiger partial charge in [0.05, 0.1) is 6.54 Å². The zero-order valence-electron chi connectivity index (χ0n) is 15.6. The van der Waals surface area contributed by atoms with Gasteiger partial charge in [-0.25, -0.2) is 0 Å². The Kier molecular flexibility index (Phi) is 12.7. The Morgan fingerprint density at radius 1 is 1.00 bits per heavy atom. The quantitative estimate of drug-likeness (QED) is 0.385. The maximum absolute atomic E-state index is 12.3. The van der Waals surface area contributed by atoms with E-state index in [0.29, 0.717) is 12.3 Å². The normalized spacial score (nSPS) is 16.8. The Bertz CT molecular complexity index is 411. The fourth-order valence-corrected chi connectivity index (χ4v) is 2.96. The summed E-state index contributed by atoms with van der Waals surface area (Å²) in [4.78, 5) is 35.3. The van der Waals surface area contributed by atoms with Gasteiger partial charge in [0.25, 0.3) is 0 Å². The molecule has 1 saturated carbocycles. The molecule has 8 nitrogen and oxygen atoms in total. The highest BCUT2D eigenvalue weighted by atomic mass is 16.2. The smallest absolute Gasteiger partial charge is 0.243 e. The van der Waals surface area contributed by atoms with Crippen molar-refractivity contribution >= 4 is 17.7 Å². The molecule has 8 N–H and O–H groups in total. The van der Waals surface area contributed by atoms with Gasteiger partial charge in [0.2, 0.25) is 17.7 Å². The molecule has 0 spiro atoms. The molecule has 2 atom stereocenters. The molecule has 1 aliphatic rings. The molecule has 3 amide bonds. The summed E-state index contributed by atoms with van der Waals surface area (Å²) < 4.78 is 0. The highest BCUT2D eigenvalue weighted by molar-refractivity contribution is 5.91. The molecular weight excluding hydrogens is 322 g/mol. The molecule has 0 bridgehead atoms. The van der Waals surface area contributed by atoms with Crippen LogP contribution in [-0.4, -0.2) is 42.9 Å². The number of carbonyl (C=O) groups is 3. The van der Waals surface area contributed by atoms with Crippen LogP contribution in [0, 0.1) is 5.92 Å². The molecular formula is C17H35N5O3. The van der Waals surface area contributed by atoms with Crippen LogP contribution >= 0.6 is 0 Å². The number of nitrogens with one attached hydrogen (secondary N) is 2. The van der Waals surface area contributed by atoms with E-state index in [9.17, 15) is 14.4 Å². The molecule has 0 aromatic rings. The lowest BCUT2D eigenvalue weighted by molar-refractivity contribution is -0.131. The topological polar surface area (TPSA) is 153 Å². The molecule has 0 saturated heterocycles. The Morgan fingerprint density at radius 3 is 2.08 bits per heavy atom. The first-order valence-corrected chi connectivity index (χ1v) is 9.27. The van der Waals surface area contributed by atoms with Crippen molar-refractivity contribution in [1.29, 1.82) is 0 Å². The second kappa shape index (κ2) is 13.6. The molecule has 0 aromatic heterocycles. The number of primary amides is 1. The fourth-order valence-electron chi connectivity index (χ4n) is 2.96. The molecule has 0 aliphatic heterocycles. The third-order valence-corrected chi connectivity index (χ3v) is 4.25. The van der Waals surface area contributed by atoms with Crippen LogP contribution in [0.5, 0.6) is 0 Å². The maximum Gasteiger partial charge on any atom is 0.243 e. The molecule has 2 unspecified atom stereocenters. The zero-order chi connectivity index (χ0) is 19.2. The second-order valence-corrected chi connectivity index (χ2v) is 6.10. The number of carbonyl (C=O) groups excluding carboxylic acids is 3. The number of rotatable bonds is 9. The highest BCUT2D eigenvalue weighted by Gasteiger charge is 2.27. The fraction of sp³-hybridized carbons (Fsp3) is 0.824. The van der Waals surface area contributed by atoms with Crippen LogP contribution in [-0.2, 0) is 14.4 Å². The van der Waals surface area contributed by atoms with Gasteiger partial charge in [-0.15, -0.1) is 0 Å². The van der Waals surface area contributed by atoms with Crippen LogP contribution < -0.4 is 27.8 Å². The van der Waals surface area contributed by atoms with E-state index in [1.54, 1.807) is 0 Å². The monoisotopic (exact) mass is 357 g/mol. The van der Waals surface area contributed by atoms with E-state index < -0.39 is 29.8 Å². The van der Waals surface area contributed by atoms with Gasteiger partial charge in [0, 0.05) is 0 Å². The van der Waals surface area contributed by atoms with E-state index in [1.807, 2.05) is 13.8 Å². The summed E-state index contributed by atoms with van der Waals surface area (Å²) in [5.74, 6) is -1.05. The first-order valence-electron chi connectivity index (χ1n) is 9.27. The molecule has 25 heavy (non-hydrogen) atoms. The van der Waals surface area contributed by atoms with E-state index in [-0.39, 0.29) is 19.5 Å². The van der Waals surface area contributed by atoms with E-state index in [4.69, 9.17) is 17.2 Å². The third kappa shape index (κ3) is 9.40. The molecule has 0 heterocycles. The number of hydrogen-bond donors (Lipinski definition) is 5. The van der Waals surface area contributed by atoms with Gasteiger partial charge in [-0.1, -0.05) is 46.0 Å². The van der Waals surface area contributed by atoms with Gasteiger partial charge in [0.1, 0.15) is 12.1 Å². The molecule has 146 valence electrons. The van der Waals surface area contributed by atoms with Crippen LogP contribution in [0.1, 0.15) is 58.8 Å². The average molecular weight is 357 g/mol. The number of nitrogens with two attached hydrogens (primary N) is 3. The van der Waals surface area contributed by atoms with Crippen molar-refractivity contribution in [1.82, 2.24) is 10.6 Å². The molecule has 0 radical (unpaired) electrons. The van der Waals surface area contributed by atoms with Crippen molar-refractivity contribution in [3.63, 3.8) is 0 Å². The standard InChI is InChI=1S/C15H29N5O3.C2H6/c16-7-6-11(19-13(21)9-17)15(23)20-12(14(18)22)8-10-4-2-1-3-5-10;1-2/h10-12H,1-9,16-17H2,(H2,18,22)(H,19,21)(H,20,23);1-2H3. The van der Waals surface area contributed by atoms with Crippen molar-refractivity contribution in [2.24, 2.45) is 23.1 Å². The Hall–Kier alpha value is -1.67. The summed E-state index contributed by atoms with van der Waals surface area (Å²) in [6, 6.07) is -1.52. The molecule has 1 rings (SSSR count). The Balaban J connectivity index is 0.00000277. The summed E-state index contributed by atoms with van der Waals surface area (Å²) >= 11 is 0.